The van der Waals surface area contributed by atoms with Crippen LogP contribution in [-0.4, -0.2) is 13.1 Å². The van der Waals surface area contributed by atoms with Gasteiger partial charge in [0.1, 0.15) is 0 Å². The van der Waals surface area contributed by atoms with E-state index < -0.39 is 0 Å². The maximum Gasteiger partial charge on any atom is 0.0399 e. The standard InChI is InChI=1S/2C10H14N2/c2*1-10(2)6-12-9-5-7(11)3-4-8(9)10/h2*3-5,12H,6,11H2,1-2H3. The molecule has 4 rings (SSSR count). The van der Waals surface area contributed by atoms with Gasteiger partial charge >= 0.3 is 0 Å². The van der Waals surface area contributed by atoms with Crippen molar-refractivity contribution in [2.24, 2.45) is 0 Å². The van der Waals surface area contributed by atoms with Crippen molar-refractivity contribution in [2.45, 2.75) is 38.5 Å². The summed E-state index contributed by atoms with van der Waals surface area (Å²) in [5.74, 6) is 0. The molecule has 2 aliphatic heterocycles. The summed E-state index contributed by atoms with van der Waals surface area (Å²) in [5.41, 5.74) is 18.7. The third kappa shape index (κ3) is 3.01. The molecular formula is C20H28N4. The first-order valence-corrected chi connectivity index (χ1v) is 8.47. The highest BCUT2D eigenvalue weighted by molar-refractivity contribution is 5.66. The van der Waals surface area contributed by atoms with Gasteiger partial charge in [0.05, 0.1) is 0 Å². The van der Waals surface area contributed by atoms with Crippen molar-refractivity contribution < 1.29 is 0 Å². The Labute approximate surface area is 144 Å². The van der Waals surface area contributed by atoms with E-state index in [0.29, 0.717) is 0 Å². The lowest BCUT2D eigenvalue weighted by molar-refractivity contribution is 0.586. The van der Waals surface area contributed by atoms with Gasteiger partial charge in [-0.15, -0.1) is 0 Å². The monoisotopic (exact) mass is 324 g/mol. The van der Waals surface area contributed by atoms with Crippen LogP contribution in [0.15, 0.2) is 36.4 Å². The first kappa shape index (κ1) is 16.5. The highest BCUT2D eigenvalue weighted by Crippen LogP contribution is 2.37. The number of nitrogen functional groups attached to an aromatic ring is 2. The summed E-state index contributed by atoms with van der Waals surface area (Å²) in [4.78, 5) is 0. The molecule has 4 nitrogen and oxygen atoms in total. The molecule has 0 spiro atoms. The summed E-state index contributed by atoms with van der Waals surface area (Å²) < 4.78 is 0. The average Bonchev–Trinajstić information content (AvgIpc) is 2.96. The average molecular weight is 324 g/mol. The third-order valence-electron chi connectivity index (χ3n) is 4.99. The normalized spacial score (nSPS) is 18.5. The zero-order valence-corrected chi connectivity index (χ0v) is 15.0. The Morgan fingerprint density at radius 2 is 1.08 bits per heavy atom. The summed E-state index contributed by atoms with van der Waals surface area (Å²) in [6.45, 7) is 11.0. The molecule has 2 heterocycles. The van der Waals surface area contributed by atoms with Crippen LogP contribution < -0.4 is 22.1 Å². The van der Waals surface area contributed by atoms with Gasteiger partial charge in [0.25, 0.3) is 0 Å². The number of rotatable bonds is 0. The van der Waals surface area contributed by atoms with Crippen LogP contribution in [0.25, 0.3) is 0 Å². The van der Waals surface area contributed by atoms with Crippen molar-refractivity contribution in [3.8, 4) is 0 Å². The van der Waals surface area contributed by atoms with E-state index in [2.05, 4.69) is 50.5 Å². The Morgan fingerprint density at radius 3 is 1.46 bits per heavy atom. The minimum Gasteiger partial charge on any atom is -0.399 e. The van der Waals surface area contributed by atoms with E-state index in [1.807, 2.05) is 24.3 Å². The number of hydrogen-bond donors (Lipinski definition) is 4. The molecule has 0 saturated heterocycles. The molecule has 0 radical (unpaired) electrons. The lowest BCUT2D eigenvalue weighted by Crippen LogP contribution is -2.18. The van der Waals surface area contributed by atoms with E-state index in [4.69, 9.17) is 11.5 Å². The minimum atomic E-state index is 0.253. The number of anilines is 4. The molecule has 0 aromatic heterocycles. The fourth-order valence-corrected chi connectivity index (χ4v) is 3.42. The van der Waals surface area contributed by atoms with Crippen molar-refractivity contribution >= 4 is 22.7 Å². The summed E-state index contributed by atoms with van der Waals surface area (Å²) in [6.07, 6.45) is 0. The van der Waals surface area contributed by atoms with Gasteiger partial charge in [-0.25, -0.2) is 0 Å². The Hall–Kier alpha value is -2.36. The Bertz CT molecular complexity index is 697. The molecular weight excluding hydrogens is 296 g/mol. The molecule has 24 heavy (non-hydrogen) atoms. The van der Waals surface area contributed by atoms with E-state index >= 15 is 0 Å². The van der Waals surface area contributed by atoms with Gasteiger partial charge in [-0.1, -0.05) is 39.8 Å². The van der Waals surface area contributed by atoms with E-state index in [9.17, 15) is 0 Å². The fourth-order valence-electron chi connectivity index (χ4n) is 3.42. The maximum atomic E-state index is 5.68. The van der Waals surface area contributed by atoms with Crippen LogP contribution in [0.1, 0.15) is 38.8 Å². The first-order valence-electron chi connectivity index (χ1n) is 8.47. The van der Waals surface area contributed by atoms with E-state index in [1.165, 1.54) is 22.5 Å². The highest BCUT2D eigenvalue weighted by Gasteiger charge is 2.29. The van der Waals surface area contributed by atoms with E-state index in [0.717, 1.165) is 24.5 Å². The fraction of sp³-hybridized carbons (Fsp3) is 0.400. The summed E-state index contributed by atoms with van der Waals surface area (Å²) in [7, 11) is 0. The molecule has 4 heteroatoms. The Morgan fingerprint density at radius 1 is 0.708 bits per heavy atom. The molecule has 128 valence electrons. The lowest BCUT2D eigenvalue weighted by Gasteiger charge is -2.16. The van der Waals surface area contributed by atoms with Gasteiger partial charge < -0.3 is 22.1 Å². The molecule has 0 atom stereocenters. The van der Waals surface area contributed by atoms with Crippen LogP contribution >= 0.6 is 0 Å². The Balaban J connectivity index is 0.000000141. The van der Waals surface area contributed by atoms with Gasteiger partial charge in [-0.2, -0.15) is 0 Å². The predicted molar refractivity (Wildman–Crippen MR) is 105 cm³/mol. The number of fused-ring (bicyclic) bond motifs is 2. The summed E-state index contributed by atoms with van der Waals surface area (Å²) in [5, 5.41) is 6.70. The quantitative estimate of drug-likeness (QED) is 0.554. The predicted octanol–water partition coefficient (Wildman–Crippen LogP) is 3.94. The molecule has 0 saturated carbocycles. The molecule has 0 fully saturated rings. The van der Waals surface area contributed by atoms with Crippen molar-refractivity contribution in [2.75, 3.05) is 35.2 Å². The third-order valence-corrected chi connectivity index (χ3v) is 4.99. The lowest BCUT2D eigenvalue weighted by atomic mass is 9.87. The SMILES string of the molecule is CC1(C)CNc2cc(N)ccc21.CC1(C)CNc2cc(N)ccc21. The van der Waals surface area contributed by atoms with Gasteiger partial charge in [0.2, 0.25) is 0 Å². The van der Waals surface area contributed by atoms with Crippen molar-refractivity contribution in [3.05, 3.63) is 47.5 Å². The molecule has 0 amide bonds. The molecule has 2 aliphatic rings. The molecule has 0 aliphatic carbocycles. The smallest absolute Gasteiger partial charge is 0.0399 e. The largest absolute Gasteiger partial charge is 0.399 e. The molecule has 2 aromatic carbocycles. The maximum absolute atomic E-state index is 5.68. The van der Waals surface area contributed by atoms with Crippen LogP contribution in [0.3, 0.4) is 0 Å². The van der Waals surface area contributed by atoms with Crippen LogP contribution in [-0.2, 0) is 10.8 Å². The zero-order chi connectivity index (χ0) is 17.5. The van der Waals surface area contributed by atoms with Gasteiger partial charge in [0.15, 0.2) is 0 Å². The van der Waals surface area contributed by atoms with Crippen LogP contribution in [0.4, 0.5) is 22.7 Å². The van der Waals surface area contributed by atoms with E-state index in [-0.39, 0.29) is 10.8 Å². The minimum absolute atomic E-state index is 0.253. The van der Waals surface area contributed by atoms with Crippen LogP contribution in [0.5, 0.6) is 0 Å². The number of nitrogens with two attached hydrogens (primary N) is 2. The second-order valence-corrected chi connectivity index (χ2v) is 8.08. The topological polar surface area (TPSA) is 76.1 Å². The summed E-state index contributed by atoms with van der Waals surface area (Å²) >= 11 is 0. The van der Waals surface area contributed by atoms with E-state index in [1.54, 1.807) is 0 Å². The number of hydrogen-bond acceptors (Lipinski definition) is 4. The second kappa shape index (κ2) is 5.62. The van der Waals surface area contributed by atoms with Crippen molar-refractivity contribution in [1.29, 1.82) is 0 Å². The van der Waals surface area contributed by atoms with Crippen LogP contribution in [0, 0.1) is 0 Å². The highest BCUT2D eigenvalue weighted by atomic mass is 14.9. The number of benzene rings is 2. The Kier molecular flexibility index (Phi) is 3.86. The van der Waals surface area contributed by atoms with Crippen molar-refractivity contribution in [3.63, 3.8) is 0 Å². The first-order chi connectivity index (χ1) is 11.2. The van der Waals surface area contributed by atoms with Crippen LogP contribution in [0.2, 0.25) is 0 Å². The summed E-state index contributed by atoms with van der Waals surface area (Å²) in [6, 6.07) is 12.2. The molecule has 6 N–H and O–H groups in total. The molecule has 0 bridgehead atoms. The van der Waals surface area contributed by atoms with Gasteiger partial charge in [-0.05, 0) is 35.4 Å². The second-order valence-electron chi connectivity index (χ2n) is 8.08. The zero-order valence-electron chi connectivity index (χ0n) is 15.0. The molecule has 2 aromatic rings. The molecule has 0 unspecified atom stereocenters. The van der Waals surface area contributed by atoms with Gasteiger partial charge in [-0.3, -0.25) is 0 Å². The van der Waals surface area contributed by atoms with Gasteiger partial charge in [0, 0.05) is 46.7 Å². The number of nitrogens with one attached hydrogen (secondary N) is 2. The van der Waals surface area contributed by atoms with Crippen molar-refractivity contribution in [1.82, 2.24) is 0 Å².